The molecule has 0 aromatic carbocycles. The standard InChI is InChI=1S/C11H14O2S/c1-2-3-5-9(12)8-10(13)11-6-4-7-14-11/h4,6-7H,2-3,5,8H2,1H3. The highest BCUT2D eigenvalue weighted by Crippen LogP contribution is 2.12. The average Bonchev–Trinajstić information content (AvgIpc) is 2.67. The van der Waals surface area contributed by atoms with Gasteiger partial charge in [0.15, 0.2) is 5.78 Å². The van der Waals surface area contributed by atoms with E-state index in [4.69, 9.17) is 0 Å². The molecule has 76 valence electrons. The zero-order valence-corrected chi connectivity index (χ0v) is 9.10. The summed E-state index contributed by atoms with van der Waals surface area (Å²) in [5, 5.41) is 1.85. The Hall–Kier alpha value is -0.960. The van der Waals surface area contributed by atoms with Crippen molar-refractivity contribution in [1.82, 2.24) is 0 Å². The van der Waals surface area contributed by atoms with Gasteiger partial charge in [0.05, 0.1) is 11.3 Å². The van der Waals surface area contributed by atoms with Crippen LogP contribution in [0.2, 0.25) is 0 Å². The topological polar surface area (TPSA) is 34.1 Å². The molecule has 0 atom stereocenters. The molecule has 0 aliphatic heterocycles. The van der Waals surface area contributed by atoms with Gasteiger partial charge in [0.1, 0.15) is 5.78 Å². The number of ketones is 2. The Kier molecular flexibility index (Phi) is 4.53. The quantitative estimate of drug-likeness (QED) is 0.534. The summed E-state index contributed by atoms with van der Waals surface area (Å²) in [6, 6.07) is 3.59. The maximum atomic E-state index is 11.5. The van der Waals surface area contributed by atoms with Crippen molar-refractivity contribution in [3.05, 3.63) is 22.4 Å². The third-order valence-corrected chi connectivity index (χ3v) is 2.87. The number of hydrogen-bond acceptors (Lipinski definition) is 3. The first kappa shape index (κ1) is 11.1. The van der Waals surface area contributed by atoms with E-state index in [0.717, 1.165) is 12.8 Å². The molecule has 0 N–H and O–H groups in total. The van der Waals surface area contributed by atoms with Gasteiger partial charge in [0.25, 0.3) is 0 Å². The highest BCUT2D eigenvalue weighted by atomic mass is 32.1. The highest BCUT2D eigenvalue weighted by molar-refractivity contribution is 7.12. The van der Waals surface area contributed by atoms with E-state index >= 15 is 0 Å². The van der Waals surface area contributed by atoms with Crippen LogP contribution in [-0.2, 0) is 4.79 Å². The second-order valence-electron chi connectivity index (χ2n) is 3.22. The lowest BCUT2D eigenvalue weighted by Gasteiger charge is -1.97. The van der Waals surface area contributed by atoms with Crippen LogP contribution in [0.3, 0.4) is 0 Å². The Labute approximate surface area is 87.9 Å². The zero-order chi connectivity index (χ0) is 10.4. The van der Waals surface area contributed by atoms with Crippen molar-refractivity contribution in [2.24, 2.45) is 0 Å². The first-order valence-electron chi connectivity index (χ1n) is 4.82. The fraction of sp³-hybridized carbons (Fsp3) is 0.455. The Morgan fingerprint density at radius 1 is 1.43 bits per heavy atom. The van der Waals surface area contributed by atoms with Gasteiger partial charge in [0.2, 0.25) is 0 Å². The molecule has 0 saturated carbocycles. The lowest BCUT2D eigenvalue weighted by atomic mass is 10.1. The first-order valence-corrected chi connectivity index (χ1v) is 5.70. The van der Waals surface area contributed by atoms with Crippen molar-refractivity contribution in [2.45, 2.75) is 32.6 Å². The maximum absolute atomic E-state index is 11.5. The molecule has 0 saturated heterocycles. The minimum atomic E-state index is -0.0406. The first-order chi connectivity index (χ1) is 6.74. The van der Waals surface area contributed by atoms with Gasteiger partial charge in [-0.25, -0.2) is 0 Å². The van der Waals surface area contributed by atoms with E-state index in [9.17, 15) is 9.59 Å². The summed E-state index contributed by atoms with van der Waals surface area (Å²) >= 11 is 1.40. The molecule has 0 aliphatic rings. The molecule has 0 radical (unpaired) electrons. The van der Waals surface area contributed by atoms with Gasteiger partial charge in [-0.3, -0.25) is 9.59 Å². The number of carbonyl (C=O) groups excluding carboxylic acids is 2. The van der Waals surface area contributed by atoms with Crippen molar-refractivity contribution >= 4 is 22.9 Å². The number of carbonyl (C=O) groups is 2. The maximum Gasteiger partial charge on any atom is 0.180 e. The smallest absolute Gasteiger partial charge is 0.180 e. The van der Waals surface area contributed by atoms with Gasteiger partial charge < -0.3 is 0 Å². The zero-order valence-electron chi connectivity index (χ0n) is 8.29. The summed E-state index contributed by atoms with van der Waals surface area (Å²) in [6.07, 6.45) is 2.49. The summed E-state index contributed by atoms with van der Waals surface area (Å²) in [4.78, 5) is 23.4. The summed E-state index contributed by atoms with van der Waals surface area (Å²) in [6.45, 7) is 2.04. The number of Topliss-reactive ketones (excluding diaryl/α,β-unsaturated/α-hetero) is 2. The molecule has 1 aromatic rings. The van der Waals surface area contributed by atoms with Gasteiger partial charge in [-0.2, -0.15) is 0 Å². The Morgan fingerprint density at radius 2 is 2.21 bits per heavy atom. The third kappa shape index (κ3) is 3.42. The number of hydrogen-bond donors (Lipinski definition) is 0. The van der Waals surface area contributed by atoms with Crippen molar-refractivity contribution in [3.63, 3.8) is 0 Å². The number of rotatable bonds is 6. The molecule has 14 heavy (non-hydrogen) atoms. The lowest BCUT2D eigenvalue weighted by molar-refractivity contribution is -0.118. The minimum absolute atomic E-state index is 0.0406. The van der Waals surface area contributed by atoms with E-state index in [0.29, 0.717) is 11.3 Å². The van der Waals surface area contributed by atoms with Gasteiger partial charge in [-0.15, -0.1) is 11.3 Å². The van der Waals surface area contributed by atoms with Gasteiger partial charge in [-0.1, -0.05) is 19.4 Å². The van der Waals surface area contributed by atoms with E-state index in [1.165, 1.54) is 11.3 Å². The van der Waals surface area contributed by atoms with Gasteiger partial charge in [0, 0.05) is 6.42 Å². The monoisotopic (exact) mass is 210 g/mol. The molecule has 3 heteroatoms. The molecule has 0 bridgehead atoms. The van der Waals surface area contributed by atoms with E-state index in [2.05, 4.69) is 0 Å². The molecule has 0 spiro atoms. The lowest BCUT2D eigenvalue weighted by Crippen LogP contribution is -2.06. The fourth-order valence-electron chi connectivity index (χ4n) is 1.17. The van der Waals surface area contributed by atoms with Crippen LogP contribution in [0, 0.1) is 0 Å². The van der Waals surface area contributed by atoms with Crippen LogP contribution in [0.5, 0.6) is 0 Å². The second kappa shape index (κ2) is 5.70. The minimum Gasteiger partial charge on any atom is -0.299 e. The predicted octanol–water partition coefficient (Wildman–Crippen LogP) is 3.08. The van der Waals surface area contributed by atoms with Crippen LogP contribution in [0.25, 0.3) is 0 Å². The summed E-state index contributed by atoms with van der Waals surface area (Å²) in [5.41, 5.74) is 0. The molecule has 0 amide bonds. The normalized spacial score (nSPS) is 10.1. The van der Waals surface area contributed by atoms with E-state index in [1.54, 1.807) is 6.07 Å². The predicted molar refractivity (Wildman–Crippen MR) is 57.8 cm³/mol. The second-order valence-corrected chi connectivity index (χ2v) is 4.17. The molecular weight excluding hydrogens is 196 g/mol. The molecular formula is C11H14O2S. The van der Waals surface area contributed by atoms with Crippen molar-refractivity contribution in [3.8, 4) is 0 Å². The van der Waals surface area contributed by atoms with Crippen molar-refractivity contribution in [2.75, 3.05) is 0 Å². The van der Waals surface area contributed by atoms with Gasteiger partial charge in [-0.05, 0) is 17.9 Å². The van der Waals surface area contributed by atoms with Crippen LogP contribution in [0.15, 0.2) is 17.5 Å². The molecule has 2 nitrogen and oxygen atoms in total. The molecule has 0 unspecified atom stereocenters. The number of unbranched alkanes of at least 4 members (excludes halogenated alkanes) is 1. The molecule has 1 heterocycles. The summed E-state index contributed by atoms with van der Waals surface area (Å²) < 4.78 is 0. The Morgan fingerprint density at radius 3 is 2.79 bits per heavy atom. The van der Waals surface area contributed by atoms with Crippen LogP contribution in [-0.4, -0.2) is 11.6 Å². The number of thiophene rings is 1. The SMILES string of the molecule is CCCCC(=O)CC(=O)c1cccs1. The van der Waals surface area contributed by atoms with Crippen molar-refractivity contribution < 1.29 is 9.59 Å². The third-order valence-electron chi connectivity index (χ3n) is 1.96. The molecule has 0 fully saturated rings. The summed E-state index contributed by atoms with van der Waals surface area (Å²) in [5.74, 6) is 0.0198. The van der Waals surface area contributed by atoms with E-state index in [1.807, 2.05) is 18.4 Å². The Bertz CT molecular complexity index is 301. The van der Waals surface area contributed by atoms with E-state index < -0.39 is 0 Å². The molecule has 0 aliphatic carbocycles. The molecule has 1 aromatic heterocycles. The highest BCUT2D eigenvalue weighted by Gasteiger charge is 2.11. The van der Waals surface area contributed by atoms with E-state index in [-0.39, 0.29) is 18.0 Å². The van der Waals surface area contributed by atoms with Crippen LogP contribution < -0.4 is 0 Å². The van der Waals surface area contributed by atoms with Gasteiger partial charge >= 0.3 is 0 Å². The average molecular weight is 210 g/mol. The van der Waals surface area contributed by atoms with Crippen LogP contribution in [0.4, 0.5) is 0 Å². The van der Waals surface area contributed by atoms with Crippen LogP contribution in [0.1, 0.15) is 42.3 Å². The summed E-state index contributed by atoms with van der Waals surface area (Å²) in [7, 11) is 0. The molecule has 1 rings (SSSR count). The Balaban J connectivity index is 2.38. The fourth-order valence-corrected chi connectivity index (χ4v) is 1.83. The largest absolute Gasteiger partial charge is 0.299 e. The van der Waals surface area contributed by atoms with Crippen molar-refractivity contribution in [1.29, 1.82) is 0 Å². The van der Waals surface area contributed by atoms with Crippen LogP contribution >= 0.6 is 11.3 Å².